The number of hydrogen-bond acceptors (Lipinski definition) is 7. The molecule has 0 spiro atoms. The average molecular weight is 463 g/mol. The first-order chi connectivity index (χ1) is 14.7. The van der Waals surface area contributed by atoms with Gasteiger partial charge in [0.15, 0.2) is 0 Å². The Morgan fingerprint density at radius 2 is 1.94 bits per heavy atom. The zero-order chi connectivity index (χ0) is 22.7. The van der Waals surface area contributed by atoms with E-state index < -0.39 is 11.5 Å². The molecule has 1 atom stereocenters. The minimum absolute atomic E-state index is 0.143. The third kappa shape index (κ3) is 4.79. The molecule has 0 saturated heterocycles. The Hall–Kier alpha value is -3.14. The van der Waals surface area contributed by atoms with E-state index in [4.69, 9.17) is 39.4 Å². The first-order valence-corrected chi connectivity index (χ1v) is 9.99. The molecule has 0 unspecified atom stereocenters. The molecular weight excluding hydrogens is 443 g/mol. The monoisotopic (exact) mass is 462 g/mol. The Morgan fingerprint density at radius 3 is 2.55 bits per heavy atom. The van der Waals surface area contributed by atoms with Crippen LogP contribution < -0.4 is 27.1 Å². The van der Waals surface area contributed by atoms with E-state index in [1.807, 2.05) is 6.92 Å². The number of halogens is 2. The maximum absolute atomic E-state index is 13.1. The van der Waals surface area contributed by atoms with E-state index in [0.717, 1.165) is 10.9 Å². The fraction of sp³-hybridized carbons (Fsp3) is 0.200. The highest BCUT2D eigenvalue weighted by Gasteiger charge is 2.21. The van der Waals surface area contributed by atoms with Gasteiger partial charge in [0.1, 0.15) is 23.5 Å². The number of benzene rings is 1. The quantitative estimate of drug-likeness (QED) is 0.510. The van der Waals surface area contributed by atoms with E-state index in [0.29, 0.717) is 23.6 Å². The number of carbonyl (C=O) groups is 1. The molecule has 1 amide bonds. The zero-order valence-corrected chi connectivity index (χ0v) is 18.2. The molecule has 0 fully saturated rings. The van der Waals surface area contributed by atoms with Crippen LogP contribution in [-0.4, -0.2) is 27.0 Å². The smallest absolute Gasteiger partial charge is 0.273 e. The largest absolute Gasteiger partial charge is 0.494 e. The highest BCUT2D eigenvalue weighted by atomic mass is 35.5. The van der Waals surface area contributed by atoms with Crippen LogP contribution in [0.25, 0.3) is 5.69 Å². The SMILES string of the molecule is CCOc1cc(Cl)c(-n2cnc(N)c(C(=O)Nc3cncc([C@H](C)N)c3)c2=O)c(Cl)c1. The molecule has 162 valence electrons. The molecule has 5 N–H and O–H groups in total. The van der Waals surface area contributed by atoms with Crippen LogP contribution in [0.15, 0.2) is 41.7 Å². The van der Waals surface area contributed by atoms with Crippen LogP contribution >= 0.6 is 23.2 Å². The standard InChI is InChI=1S/C20H20Cl2N6O3/c1-3-31-13-5-14(21)17(15(22)6-13)28-9-26-18(24)16(20(28)30)19(29)27-12-4-11(10(2)23)7-25-8-12/h4-10H,3,23-24H2,1-2H3,(H,27,29)/t10-/m0/s1. The van der Waals surface area contributed by atoms with E-state index in [9.17, 15) is 9.59 Å². The molecule has 3 rings (SSSR count). The molecule has 0 bridgehead atoms. The third-order valence-electron chi connectivity index (χ3n) is 4.31. The zero-order valence-electron chi connectivity index (χ0n) is 16.7. The van der Waals surface area contributed by atoms with E-state index in [-0.39, 0.29) is 33.2 Å². The molecule has 2 aromatic heterocycles. The van der Waals surface area contributed by atoms with Crippen molar-refractivity contribution in [1.29, 1.82) is 0 Å². The summed E-state index contributed by atoms with van der Waals surface area (Å²) in [4.78, 5) is 33.9. The Morgan fingerprint density at radius 1 is 1.26 bits per heavy atom. The van der Waals surface area contributed by atoms with Crippen molar-refractivity contribution in [1.82, 2.24) is 14.5 Å². The Labute approximate surface area is 188 Å². The molecule has 9 nitrogen and oxygen atoms in total. The first-order valence-electron chi connectivity index (χ1n) is 9.24. The van der Waals surface area contributed by atoms with Gasteiger partial charge in [-0.25, -0.2) is 4.98 Å². The molecule has 11 heteroatoms. The van der Waals surface area contributed by atoms with Crippen LogP contribution in [0.3, 0.4) is 0 Å². The fourth-order valence-electron chi connectivity index (χ4n) is 2.83. The molecule has 0 aliphatic rings. The van der Waals surface area contributed by atoms with E-state index >= 15 is 0 Å². The van der Waals surface area contributed by atoms with Crippen molar-refractivity contribution in [3.8, 4) is 11.4 Å². The van der Waals surface area contributed by atoms with Crippen LogP contribution in [0.1, 0.15) is 35.8 Å². The molecule has 0 radical (unpaired) electrons. The maximum atomic E-state index is 13.1. The number of carbonyl (C=O) groups excluding carboxylic acids is 1. The lowest BCUT2D eigenvalue weighted by atomic mass is 10.1. The highest BCUT2D eigenvalue weighted by molar-refractivity contribution is 6.38. The van der Waals surface area contributed by atoms with Crippen LogP contribution in [-0.2, 0) is 0 Å². The van der Waals surface area contributed by atoms with Gasteiger partial charge in [0.2, 0.25) is 0 Å². The molecular formula is C20H20Cl2N6O3. The summed E-state index contributed by atoms with van der Waals surface area (Å²) < 4.78 is 6.45. The average Bonchev–Trinajstić information content (AvgIpc) is 2.69. The molecule has 1 aromatic carbocycles. The number of rotatable bonds is 6. The van der Waals surface area contributed by atoms with Gasteiger partial charge in [-0.1, -0.05) is 23.2 Å². The summed E-state index contributed by atoms with van der Waals surface area (Å²) in [7, 11) is 0. The van der Waals surface area contributed by atoms with Crippen LogP contribution in [0.2, 0.25) is 10.0 Å². The van der Waals surface area contributed by atoms with Gasteiger partial charge >= 0.3 is 0 Å². The van der Waals surface area contributed by atoms with Gasteiger partial charge in [0.25, 0.3) is 11.5 Å². The second-order valence-electron chi connectivity index (χ2n) is 6.60. The van der Waals surface area contributed by atoms with E-state index in [1.54, 1.807) is 19.2 Å². The van der Waals surface area contributed by atoms with Gasteiger partial charge in [-0.05, 0) is 25.5 Å². The van der Waals surface area contributed by atoms with Gasteiger partial charge in [-0.2, -0.15) is 0 Å². The molecule has 2 heterocycles. The minimum Gasteiger partial charge on any atom is -0.494 e. The number of aromatic nitrogens is 3. The first kappa shape index (κ1) is 22.5. The number of pyridine rings is 1. The Balaban J connectivity index is 2.03. The third-order valence-corrected chi connectivity index (χ3v) is 4.89. The van der Waals surface area contributed by atoms with Crippen molar-refractivity contribution in [2.45, 2.75) is 19.9 Å². The number of anilines is 2. The van der Waals surface area contributed by atoms with Crippen molar-refractivity contribution in [3.63, 3.8) is 0 Å². The number of amides is 1. The van der Waals surface area contributed by atoms with Crippen LogP contribution in [0, 0.1) is 0 Å². The molecule has 3 aromatic rings. The molecule has 0 aliphatic carbocycles. The fourth-order valence-corrected chi connectivity index (χ4v) is 3.48. The Bertz CT molecular complexity index is 1170. The van der Waals surface area contributed by atoms with Gasteiger partial charge in [0.05, 0.1) is 34.2 Å². The Kier molecular flexibility index (Phi) is 6.79. The van der Waals surface area contributed by atoms with Crippen molar-refractivity contribution >= 4 is 40.6 Å². The van der Waals surface area contributed by atoms with Crippen LogP contribution in [0.5, 0.6) is 5.75 Å². The second-order valence-corrected chi connectivity index (χ2v) is 7.41. The van der Waals surface area contributed by atoms with Gasteiger partial charge in [-0.15, -0.1) is 0 Å². The highest BCUT2D eigenvalue weighted by Crippen LogP contribution is 2.32. The number of hydrogen-bond donors (Lipinski definition) is 3. The number of nitrogens with one attached hydrogen (secondary N) is 1. The second kappa shape index (κ2) is 9.34. The maximum Gasteiger partial charge on any atom is 0.273 e. The van der Waals surface area contributed by atoms with Gasteiger partial charge < -0.3 is 21.5 Å². The van der Waals surface area contributed by atoms with Gasteiger partial charge in [-0.3, -0.25) is 19.1 Å². The lowest BCUT2D eigenvalue weighted by molar-refractivity contribution is 0.102. The predicted molar refractivity (Wildman–Crippen MR) is 120 cm³/mol. The normalized spacial score (nSPS) is 11.8. The summed E-state index contributed by atoms with van der Waals surface area (Å²) >= 11 is 12.6. The number of ether oxygens (including phenoxy) is 1. The van der Waals surface area contributed by atoms with Crippen molar-refractivity contribution in [2.75, 3.05) is 17.7 Å². The van der Waals surface area contributed by atoms with E-state index in [2.05, 4.69) is 15.3 Å². The molecule has 31 heavy (non-hydrogen) atoms. The molecule has 0 aliphatic heterocycles. The number of nitrogens with zero attached hydrogens (tertiary/aromatic N) is 3. The van der Waals surface area contributed by atoms with Crippen molar-refractivity contribution in [3.05, 3.63) is 68.4 Å². The summed E-state index contributed by atoms with van der Waals surface area (Å²) in [5.74, 6) is -0.559. The summed E-state index contributed by atoms with van der Waals surface area (Å²) in [6.45, 7) is 4.01. The van der Waals surface area contributed by atoms with Crippen molar-refractivity contribution in [2.24, 2.45) is 5.73 Å². The van der Waals surface area contributed by atoms with Gasteiger partial charge in [0, 0.05) is 24.4 Å². The lowest BCUT2D eigenvalue weighted by Crippen LogP contribution is -2.31. The van der Waals surface area contributed by atoms with Crippen LogP contribution in [0.4, 0.5) is 11.5 Å². The lowest BCUT2D eigenvalue weighted by Gasteiger charge is -2.14. The molecule has 0 saturated carbocycles. The summed E-state index contributed by atoms with van der Waals surface area (Å²) in [6.07, 6.45) is 4.16. The topological polar surface area (TPSA) is 138 Å². The number of nitrogen functional groups attached to an aromatic ring is 1. The van der Waals surface area contributed by atoms with Crippen molar-refractivity contribution < 1.29 is 9.53 Å². The number of nitrogens with two attached hydrogens (primary N) is 2. The summed E-state index contributed by atoms with van der Waals surface area (Å²) in [5, 5.41) is 2.88. The summed E-state index contributed by atoms with van der Waals surface area (Å²) in [6, 6.07) is 4.40. The minimum atomic E-state index is -0.758. The van der Waals surface area contributed by atoms with E-state index in [1.165, 1.54) is 18.3 Å². The summed E-state index contributed by atoms with van der Waals surface area (Å²) in [5.41, 5.74) is 11.8. The predicted octanol–water partition coefficient (Wildman–Crippen LogP) is 3.19.